The molecule has 1 aliphatic rings. The molecular formula is C49H94O9. The lowest BCUT2D eigenvalue weighted by atomic mass is 9.99. The fourth-order valence-corrected chi connectivity index (χ4v) is 7.78. The van der Waals surface area contributed by atoms with Gasteiger partial charge in [-0.25, -0.2) is 0 Å². The van der Waals surface area contributed by atoms with Crippen LogP contribution in [0.3, 0.4) is 0 Å². The Balaban J connectivity index is 2.21. The molecule has 344 valence electrons. The molecule has 0 spiro atoms. The van der Waals surface area contributed by atoms with Crippen LogP contribution in [0.25, 0.3) is 0 Å². The minimum absolute atomic E-state index is 0.108. The number of carbonyl (C=O) groups excluding carboxylic acids is 1. The number of rotatable bonds is 43. The first-order valence-electron chi connectivity index (χ1n) is 24.8. The third-order valence-electron chi connectivity index (χ3n) is 11.7. The van der Waals surface area contributed by atoms with Crippen LogP contribution in [0, 0.1) is 0 Å². The standard InChI is InChI=1S/C49H94O9/c1-3-5-7-9-11-13-15-17-19-21-22-23-24-26-28-30-32-34-36-38-45(51)57-43(42-56-49-48(54)47(53)46(52)44(40-50)58-49)41-55-39-37-35-33-31-29-27-25-20-18-16-14-12-10-8-6-4-2/h17,19,43-44,46-50,52-54H,3-16,18,20-42H2,1-2H3/b19-17-. The summed E-state index contributed by atoms with van der Waals surface area (Å²) in [6.07, 6.45) is 39.5. The van der Waals surface area contributed by atoms with E-state index in [0.717, 1.165) is 32.1 Å². The second-order valence-electron chi connectivity index (χ2n) is 17.3. The summed E-state index contributed by atoms with van der Waals surface area (Å²) in [6, 6.07) is 0. The van der Waals surface area contributed by atoms with Gasteiger partial charge in [0, 0.05) is 13.0 Å². The highest BCUT2D eigenvalue weighted by Gasteiger charge is 2.44. The number of ether oxygens (including phenoxy) is 4. The van der Waals surface area contributed by atoms with Gasteiger partial charge in [0.25, 0.3) is 0 Å². The van der Waals surface area contributed by atoms with Crippen LogP contribution in [0.4, 0.5) is 0 Å². The Morgan fingerprint density at radius 1 is 0.534 bits per heavy atom. The van der Waals surface area contributed by atoms with E-state index in [1.54, 1.807) is 0 Å². The maximum atomic E-state index is 12.8. The van der Waals surface area contributed by atoms with Crippen molar-refractivity contribution in [2.24, 2.45) is 0 Å². The Morgan fingerprint density at radius 2 is 0.948 bits per heavy atom. The van der Waals surface area contributed by atoms with Gasteiger partial charge in [0.05, 0.1) is 19.8 Å². The van der Waals surface area contributed by atoms with Crippen molar-refractivity contribution < 1.29 is 44.2 Å². The van der Waals surface area contributed by atoms with Crippen LogP contribution in [0.2, 0.25) is 0 Å². The minimum atomic E-state index is -1.53. The average Bonchev–Trinajstić information content (AvgIpc) is 3.22. The average molecular weight is 827 g/mol. The topological polar surface area (TPSA) is 135 Å². The molecule has 1 fully saturated rings. The zero-order valence-electron chi connectivity index (χ0n) is 37.8. The Bertz CT molecular complexity index is 899. The van der Waals surface area contributed by atoms with Gasteiger partial charge < -0.3 is 39.4 Å². The van der Waals surface area contributed by atoms with Crippen molar-refractivity contribution in [2.45, 2.75) is 269 Å². The molecule has 1 saturated heterocycles. The minimum Gasteiger partial charge on any atom is -0.457 e. The predicted molar refractivity (Wildman–Crippen MR) is 238 cm³/mol. The Hall–Kier alpha value is -1.07. The molecule has 0 amide bonds. The lowest BCUT2D eigenvalue weighted by Gasteiger charge is -2.39. The highest BCUT2D eigenvalue weighted by molar-refractivity contribution is 5.69. The number of hydrogen-bond acceptors (Lipinski definition) is 9. The maximum Gasteiger partial charge on any atom is 0.306 e. The number of aliphatic hydroxyl groups excluding tert-OH is 4. The van der Waals surface area contributed by atoms with E-state index in [1.165, 1.54) is 180 Å². The first-order chi connectivity index (χ1) is 28.4. The highest BCUT2D eigenvalue weighted by Crippen LogP contribution is 2.23. The Morgan fingerprint density at radius 3 is 1.40 bits per heavy atom. The smallest absolute Gasteiger partial charge is 0.306 e. The monoisotopic (exact) mass is 827 g/mol. The molecule has 6 atom stereocenters. The Labute approximate surface area is 356 Å². The van der Waals surface area contributed by atoms with Gasteiger partial charge in [-0.15, -0.1) is 0 Å². The van der Waals surface area contributed by atoms with E-state index in [0.29, 0.717) is 13.0 Å². The normalized spacial score (nSPS) is 20.3. The molecule has 0 aromatic rings. The van der Waals surface area contributed by atoms with Crippen molar-refractivity contribution in [1.29, 1.82) is 0 Å². The number of hydrogen-bond donors (Lipinski definition) is 4. The van der Waals surface area contributed by atoms with Crippen molar-refractivity contribution in [3.05, 3.63) is 12.2 Å². The molecule has 1 heterocycles. The van der Waals surface area contributed by atoms with Gasteiger partial charge in [0.2, 0.25) is 0 Å². The third-order valence-corrected chi connectivity index (χ3v) is 11.7. The van der Waals surface area contributed by atoms with Gasteiger partial charge in [-0.05, 0) is 38.5 Å². The SMILES string of the molecule is CCCCCCCC/C=C\CCCCCCCCCCCC(=O)OC(COCCCCCCCCCCCCCCCCCC)COC1OC(CO)C(O)C(O)C1O. The summed E-state index contributed by atoms with van der Waals surface area (Å²) in [4.78, 5) is 12.8. The molecule has 58 heavy (non-hydrogen) atoms. The number of carbonyl (C=O) groups is 1. The zero-order valence-corrected chi connectivity index (χ0v) is 37.8. The van der Waals surface area contributed by atoms with Gasteiger partial charge in [-0.2, -0.15) is 0 Å². The zero-order chi connectivity index (χ0) is 42.2. The summed E-state index contributed by atoms with van der Waals surface area (Å²) < 4.78 is 22.9. The molecule has 0 aromatic carbocycles. The summed E-state index contributed by atoms with van der Waals surface area (Å²) >= 11 is 0. The van der Waals surface area contributed by atoms with Crippen molar-refractivity contribution in [3.8, 4) is 0 Å². The molecule has 0 aliphatic carbocycles. The predicted octanol–water partition coefficient (Wildman–Crippen LogP) is 11.6. The lowest BCUT2D eigenvalue weighted by Crippen LogP contribution is -2.59. The van der Waals surface area contributed by atoms with Crippen LogP contribution < -0.4 is 0 Å². The number of allylic oxidation sites excluding steroid dienone is 2. The van der Waals surface area contributed by atoms with Crippen LogP contribution in [0.1, 0.15) is 232 Å². The largest absolute Gasteiger partial charge is 0.457 e. The molecule has 9 heteroatoms. The third kappa shape index (κ3) is 31.8. The number of unbranched alkanes of at least 4 members (excludes halogenated alkanes) is 30. The first-order valence-corrected chi connectivity index (χ1v) is 24.8. The van der Waals surface area contributed by atoms with E-state index in [4.69, 9.17) is 18.9 Å². The van der Waals surface area contributed by atoms with E-state index < -0.39 is 43.4 Å². The van der Waals surface area contributed by atoms with Gasteiger partial charge in [0.1, 0.15) is 30.5 Å². The molecule has 6 unspecified atom stereocenters. The number of aliphatic hydroxyl groups is 4. The van der Waals surface area contributed by atoms with Gasteiger partial charge in [-0.3, -0.25) is 4.79 Å². The maximum absolute atomic E-state index is 12.8. The van der Waals surface area contributed by atoms with E-state index in [2.05, 4.69) is 26.0 Å². The van der Waals surface area contributed by atoms with Crippen molar-refractivity contribution in [3.63, 3.8) is 0 Å². The van der Waals surface area contributed by atoms with E-state index in [1.807, 2.05) is 0 Å². The molecule has 0 bridgehead atoms. The second kappa shape index (κ2) is 41.3. The number of esters is 1. The fourth-order valence-electron chi connectivity index (χ4n) is 7.78. The summed E-state index contributed by atoms with van der Waals surface area (Å²) in [6.45, 7) is 4.60. The van der Waals surface area contributed by atoms with Gasteiger partial charge >= 0.3 is 5.97 Å². The van der Waals surface area contributed by atoms with Crippen molar-refractivity contribution in [1.82, 2.24) is 0 Å². The van der Waals surface area contributed by atoms with Gasteiger partial charge in [-0.1, -0.05) is 199 Å². The molecule has 1 aliphatic heterocycles. The van der Waals surface area contributed by atoms with E-state index in [9.17, 15) is 25.2 Å². The van der Waals surface area contributed by atoms with Crippen LogP contribution >= 0.6 is 0 Å². The van der Waals surface area contributed by atoms with Crippen LogP contribution in [-0.4, -0.2) is 89.6 Å². The molecule has 9 nitrogen and oxygen atoms in total. The summed E-state index contributed by atoms with van der Waals surface area (Å²) in [7, 11) is 0. The molecule has 0 saturated carbocycles. The molecule has 4 N–H and O–H groups in total. The van der Waals surface area contributed by atoms with Crippen molar-refractivity contribution in [2.75, 3.05) is 26.4 Å². The fraction of sp³-hybridized carbons (Fsp3) is 0.939. The van der Waals surface area contributed by atoms with Crippen molar-refractivity contribution >= 4 is 5.97 Å². The summed E-state index contributed by atoms with van der Waals surface area (Å²) in [5.41, 5.74) is 0. The molecule has 0 radical (unpaired) electrons. The van der Waals surface area contributed by atoms with E-state index in [-0.39, 0.29) is 19.2 Å². The summed E-state index contributed by atoms with van der Waals surface area (Å²) in [5, 5.41) is 40.2. The Kier molecular flexibility index (Phi) is 39.1. The summed E-state index contributed by atoms with van der Waals surface area (Å²) in [5.74, 6) is -0.311. The quantitative estimate of drug-likeness (QED) is 0.0269. The second-order valence-corrected chi connectivity index (χ2v) is 17.3. The van der Waals surface area contributed by atoms with E-state index >= 15 is 0 Å². The lowest BCUT2D eigenvalue weighted by molar-refractivity contribution is -0.305. The van der Waals surface area contributed by atoms with Crippen LogP contribution in [0.15, 0.2) is 12.2 Å². The first kappa shape index (κ1) is 54.9. The highest BCUT2D eigenvalue weighted by atomic mass is 16.7. The molecule has 1 rings (SSSR count). The van der Waals surface area contributed by atoms with Crippen LogP contribution in [0.5, 0.6) is 0 Å². The van der Waals surface area contributed by atoms with Crippen LogP contribution in [-0.2, 0) is 23.7 Å². The molecular weight excluding hydrogens is 733 g/mol. The molecule has 0 aromatic heterocycles. The van der Waals surface area contributed by atoms with Gasteiger partial charge in [0.15, 0.2) is 6.29 Å².